The van der Waals surface area contributed by atoms with Crippen LogP contribution in [-0.2, 0) is 10.0 Å². The van der Waals surface area contributed by atoms with Gasteiger partial charge in [-0.05, 0) is 12.8 Å². The van der Waals surface area contributed by atoms with Crippen LogP contribution in [0.4, 0.5) is 5.82 Å². The van der Waals surface area contributed by atoms with Crippen molar-refractivity contribution in [3.63, 3.8) is 0 Å². The number of aromatic nitrogens is 2. The molecule has 7 heteroatoms. The second-order valence-electron chi connectivity index (χ2n) is 4.50. The fourth-order valence-corrected chi connectivity index (χ4v) is 3.22. The molecule has 2 rings (SSSR count). The Morgan fingerprint density at radius 2 is 2.11 bits per heavy atom. The molecule has 1 fully saturated rings. The molecule has 2 heterocycles. The van der Waals surface area contributed by atoms with E-state index in [1.165, 1.54) is 10.6 Å². The van der Waals surface area contributed by atoms with Crippen LogP contribution in [0.5, 0.6) is 0 Å². The van der Waals surface area contributed by atoms with Crippen molar-refractivity contribution in [3.05, 3.63) is 18.1 Å². The van der Waals surface area contributed by atoms with Crippen LogP contribution in [0, 0.1) is 0 Å². The number of sulfonamides is 1. The summed E-state index contributed by atoms with van der Waals surface area (Å²) in [4.78, 5) is 8.56. The van der Waals surface area contributed by atoms with Gasteiger partial charge in [-0.25, -0.2) is 17.7 Å². The van der Waals surface area contributed by atoms with Crippen molar-refractivity contribution < 1.29 is 8.42 Å². The molecular formula is C11H18N4O2S. The molecule has 18 heavy (non-hydrogen) atoms. The Morgan fingerprint density at radius 1 is 1.39 bits per heavy atom. The van der Waals surface area contributed by atoms with Gasteiger partial charge < -0.3 is 5.32 Å². The van der Waals surface area contributed by atoms with Crippen LogP contribution in [-0.4, -0.2) is 49.1 Å². The molecule has 1 aromatic heterocycles. The largest absolute Gasteiger partial charge is 0.372 e. The van der Waals surface area contributed by atoms with E-state index in [1.54, 1.807) is 19.4 Å². The quantitative estimate of drug-likeness (QED) is 0.873. The van der Waals surface area contributed by atoms with Gasteiger partial charge >= 0.3 is 0 Å². The molecule has 1 aliphatic rings. The minimum absolute atomic E-state index is 0.115. The molecule has 0 amide bonds. The van der Waals surface area contributed by atoms with Crippen LogP contribution in [0.2, 0.25) is 0 Å². The van der Waals surface area contributed by atoms with Gasteiger partial charge in [0.2, 0.25) is 10.0 Å². The molecule has 0 radical (unpaired) electrons. The van der Waals surface area contributed by atoms with Crippen LogP contribution in [0.15, 0.2) is 12.4 Å². The lowest BCUT2D eigenvalue weighted by atomic mass is 9.96. The highest BCUT2D eigenvalue weighted by molar-refractivity contribution is 7.88. The molecule has 0 aliphatic carbocycles. The molecule has 0 spiro atoms. The van der Waals surface area contributed by atoms with E-state index >= 15 is 0 Å². The maximum Gasteiger partial charge on any atom is 0.211 e. The van der Waals surface area contributed by atoms with E-state index in [1.807, 2.05) is 0 Å². The highest BCUT2D eigenvalue weighted by Crippen LogP contribution is 2.29. The zero-order valence-electron chi connectivity index (χ0n) is 10.6. The van der Waals surface area contributed by atoms with Crippen LogP contribution in [0.3, 0.4) is 0 Å². The Kier molecular flexibility index (Phi) is 3.82. The minimum atomic E-state index is -3.12. The summed E-state index contributed by atoms with van der Waals surface area (Å²) in [6.45, 7) is 1.09. The van der Waals surface area contributed by atoms with Gasteiger partial charge in [0, 0.05) is 38.4 Å². The van der Waals surface area contributed by atoms with Crippen LogP contribution < -0.4 is 5.32 Å². The van der Waals surface area contributed by atoms with E-state index in [4.69, 9.17) is 0 Å². The number of hydrogen-bond donors (Lipinski definition) is 1. The van der Waals surface area contributed by atoms with Gasteiger partial charge in [0.25, 0.3) is 0 Å². The topological polar surface area (TPSA) is 75.2 Å². The SMILES string of the molecule is CNc1nccnc1[C@H]1CCCN(S(C)(=O)=O)C1. The van der Waals surface area contributed by atoms with Gasteiger partial charge in [-0.3, -0.25) is 4.98 Å². The Labute approximate surface area is 107 Å². The third-order valence-electron chi connectivity index (χ3n) is 3.20. The van der Waals surface area contributed by atoms with Gasteiger partial charge in [0.1, 0.15) is 5.82 Å². The highest BCUT2D eigenvalue weighted by Gasteiger charge is 2.29. The Bertz CT molecular complexity index is 518. The van der Waals surface area contributed by atoms with Crippen LogP contribution in [0.1, 0.15) is 24.5 Å². The molecule has 0 unspecified atom stereocenters. The van der Waals surface area contributed by atoms with Crippen molar-refractivity contribution in [3.8, 4) is 0 Å². The van der Waals surface area contributed by atoms with Crippen LogP contribution in [0.25, 0.3) is 0 Å². The smallest absolute Gasteiger partial charge is 0.211 e. The third kappa shape index (κ3) is 2.78. The number of rotatable bonds is 3. The molecule has 1 aliphatic heterocycles. The monoisotopic (exact) mass is 270 g/mol. The molecule has 1 atom stereocenters. The first-order chi connectivity index (χ1) is 8.52. The van der Waals surface area contributed by atoms with E-state index in [-0.39, 0.29) is 5.92 Å². The van der Waals surface area contributed by atoms with Gasteiger partial charge in [0.05, 0.1) is 11.9 Å². The predicted molar refractivity (Wildman–Crippen MR) is 70.0 cm³/mol. The molecule has 0 aromatic carbocycles. The average Bonchev–Trinajstić information content (AvgIpc) is 2.38. The first kappa shape index (κ1) is 13.2. The lowest BCUT2D eigenvalue weighted by molar-refractivity contribution is 0.314. The van der Waals surface area contributed by atoms with Gasteiger partial charge in [-0.15, -0.1) is 0 Å². The Hall–Kier alpha value is -1.21. The van der Waals surface area contributed by atoms with Crippen molar-refractivity contribution in [1.29, 1.82) is 0 Å². The molecule has 1 saturated heterocycles. The van der Waals surface area contributed by atoms with Crippen molar-refractivity contribution in [1.82, 2.24) is 14.3 Å². The maximum atomic E-state index is 11.6. The third-order valence-corrected chi connectivity index (χ3v) is 4.47. The van der Waals surface area contributed by atoms with E-state index in [2.05, 4.69) is 15.3 Å². The second-order valence-corrected chi connectivity index (χ2v) is 6.48. The predicted octanol–water partition coefficient (Wildman–Crippen LogP) is 0.657. The molecule has 0 bridgehead atoms. The lowest BCUT2D eigenvalue weighted by Crippen LogP contribution is -2.38. The first-order valence-electron chi connectivity index (χ1n) is 5.96. The Balaban J connectivity index is 2.23. The zero-order chi connectivity index (χ0) is 13.2. The van der Waals surface area contributed by atoms with Crippen molar-refractivity contribution >= 4 is 15.8 Å². The summed E-state index contributed by atoms with van der Waals surface area (Å²) in [5.41, 5.74) is 0.855. The summed E-state index contributed by atoms with van der Waals surface area (Å²) in [5.74, 6) is 0.850. The molecule has 0 saturated carbocycles. The first-order valence-corrected chi connectivity index (χ1v) is 7.81. The summed E-state index contributed by atoms with van der Waals surface area (Å²) >= 11 is 0. The Morgan fingerprint density at radius 3 is 2.78 bits per heavy atom. The van der Waals surface area contributed by atoms with Crippen LogP contribution >= 0.6 is 0 Å². The van der Waals surface area contributed by atoms with E-state index in [0.717, 1.165) is 24.4 Å². The second kappa shape index (κ2) is 5.19. The lowest BCUT2D eigenvalue weighted by Gasteiger charge is -2.31. The van der Waals surface area contributed by atoms with Crippen molar-refractivity contribution in [2.75, 3.05) is 31.7 Å². The summed E-state index contributed by atoms with van der Waals surface area (Å²) < 4.78 is 24.7. The molecule has 100 valence electrons. The number of hydrogen-bond acceptors (Lipinski definition) is 5. The number of nitrogens with zero attached hydrogens (tertiary/aromatic N) is 3. The van der Waals surface area contributed by atoms with Crippen molar-refractivity contribution in [2.24, 2.45) is 0 Å². The zero-order valence-corrected chi connectivity index (χ0v) is 11.4. The maximum absolute atomic E-state index is 11.6. The van der Waals surface area contributed by atoms with Gasteiger partial charge in [-0.1, -0.05) is 0 Å². The standard InChI is InChI=1S/C11H18N4O2S/c1-12-11-10(13-5-6-14-11)9-4-3-7-15(8-9)18(2,16)17/h5-6,9H,3-4,7-8H2,1-2H3,(H,12,14)/t9-/m0/s1. The number of anilines is 1. The summed E-state index contributed by atoms with van der Waals surface area (Å²) in [5, 5.41) is 3.00. The molecular weight excluding hydrogens is 252 g/mol. The summed E-state index contributed by atoms with van der Waals surface area (Å²) in [7, 11) is -1.33. The fraction of sp³-hybridized carbons (Fsp3) is 0.636. The molecule has 1 N–H and O–H groups in total. The van der Waals surface area contributed by atoms with E-state index in [9.17, 15) is 8.42 Å². The normalized spacial score (nSPS) is 21.8. The average molecular weight is 270 g/mol. The minimum Gasteiger partial charge on any atom is -0.372 e. The number of piperidine rings is 1. The molecule has 6 nitrogen and oxygen atoms in total. The van der Waals surface area contributed by atoms with E-state index < -0.39 is 10.0 Å². The van der Waals surface area contributed by atoms with E-state index in [0.29, 0.717) is 13.1 Å². The summed E-state index contributed by atoms with van der Waals surface area (Å²) in [6, 6.07) is 0. The molecule has 1 aromatic rings. The van der Waals surface area contributed by atoms with Gasteiger partial charge in [0.15, 0.2) is 0 Å². The summed E-state index contributed by atoms with van der Waals surface area (Å²) in [6.07, 6.45) is 6.34. The fourth-order valence-electron chi connectivity index (χ4n) is 2.31. The number of nitrogens with one attached hydrogen (secondary N) is 1. The van der Waals surface area contributed by atoms with Gasteiger partial charge in [-0.2, -0.15) is 0 Å². The highest BCUT2D eigenvalue weighted by atomic mass is 32.2. The van der Waals surface area contributed by atoms with Crippen molar-refractivity contribution in [2.45, 2.75) is 18.8 Å².